The Morgan fingerprint density at radius 3 is 2.18 bits per heavy atom. The van der Waals surface area contributed by atoms with Crippen LogP contribution in [0.15, 0.2) is 17.0 Å². The molecule has 7 heteroatoms. The summed E-state index contributed by atoms with van der Waals surface area (Å²) in [4.78, 5) is 10.5. The Bertz CT molecular complexity index is 418. The summed E-state index contributed by atoms with van der Waals surface area (Å²) in [6, 6.07) is 2.33. The molecule has 0 aliphatic rings. The summed E-state index contributed by atoms with van der Waals surface area (Å²) in [5, 5.41) is 0. The number of hydrogen-bond donors (Lipinski definition) is 0. The van der Waals surface area contributed by atoms with Gasteiger partial charge in [-0.1, -0.05) is 0 Å². The number of halogens is 3. The Balaban J connectivity index is 3.23. The van der Waals surface area contributed by atoms with Crippen molar-refractivity contribution < 1.29 is 27.4 Å². The second-order valence-corrected chi connectivity index (χ2v) is 4.02. The van der Waals surface area contributed by atoms with Gasteiger partial charge in [0.1, 0.15) is 11.5 Å². The van der Waals surface area contributed by atoms with Crippen LogP contribution in [0.25, 0.3) is 0 Å². The highest BCUT2D eigenvalue weighted by atomic mass is 32.2. The van der Waals surface area contributed by atoms with E-state index in [1.807, 2.05) is 0 Å². The van der Waals surface area contributed by atoms with E-state index in [-0.39, 0.29) is 33.7 Å². The molecular formula is C10H9F3O3S. The fourth-order valence-electron chi connectivity index (χ4n) is 1.19. The average molecular weight is 266 g/mol. The van der Waals surface area contributed by atoms with Crippen LogP contribution in [0.2, 0.25) is 0 Å². The minimum Gasteiger partial charge on any atom is -0.496 e. The van der Waals surface area contributed by atoms with Crippen LogP contribution < -0.4 is 9.47 Å². The highest BCUT2D eigenvalue weighted by molar-refractivity contribution is 8.00. The summed E-state index contributed by atoms with van der Waals surface area (Å²) in [5.41, 5.74) is -4.29. The molecule has 0 aliphatic carbocycles. The first-order valence-electron chi connectivity index (χ1n) is 4.38. The van der Waals surface area contributed by atoms with E-state index >= 15 is 0 Å². The van der Waals surface area contributed by atoms with E-state index in [1.54, 1.807) is 0 Å². The molecule has 0 atom stereocenters. The van der Waals surface area contributed by atoms with Crippen molar-refractivity contribution in [3.8, 4) is 11.5 Å². The number of aldehydes is 1. The molecular weight excluding hydrogens is 257 g/mol. The molecule has 0 aliphatic heterocycles. The average Bonchev–Trinajstić information content (AvgIpc) is 2.26. The van der Waals surface area contributed by atoms with Crippen LogP contribution >= 0.6 is 11.8 Å². The smallest absolute Gasteiger partial charge is 0.446 e. The zero-order valence-corrected chi connectivity index (χ0v) is 9.82. The van der Waals surface area contributed by atoms with Crippen molar-refractivity contribution in [2.75, 3.05) is 14.2 Å². The predicted molar refractivity (Wildman–Crippen MR) is 56.8 cm³/mol. The Labute approximate surface area is 99.9 Å². The number of thioether (sulfide) groups is 1. The van der Waals surface area contributed by atoms with E-state index in [4.69, 9.17) is 9.47 Å². The highest BCUT2D eigenvalue weighted by Crippen LogP contribution is 2.43. The maximum Gasteiger partial charge on any atom is 0.446 e. The molecule has 0 fully saturated rings. The number of alkyl halides is 3. The molecule has 0 N–H and O–H groups in total. The van der Waals surface area contributed by atoms with E-state index in [9.17, 15) is 18.0 Å². The van der Waals surface area contributed by atoms with Crippen LogP contribution in [0, 0.1) is 0 Å². The van der Waals surface area contributed by atoms with Gasteiger partial charge in [0.2, 0.25) is 0 Å². The molecule has 94 valence electrons. The van der Waals surface area contributed by atoms with Gasteiger partial charge in [-0.3, -0.25) is 4.79 Å². The van der Waals surface area contributed by atoms with Gasteiger partial charge in [-0.25, -0.2) is 0 Å². The number of ether oxygens (including phenoxy) is 2. The quantitative estimate of drug-likeness (QED) is 0.619. The summed E-state index contributed by atoms with van der Waals surface area (Å²) < 4.78 is 46.4. The van der Waals surface area contributed by atoms with Gasteiger partial charge in [0.15, 0.2) is 6.29 Å². The van der Waals surface area contributed by atoms with Crippen LogP contribution in [-0.2, 0) is 0 Å². The van der Waals surface area contributed by atoms with Gasteiger partial charge in [0.25, 0.3) is 0 Å². The van der Waals surface area contributed by atoms with E-state index < -0.39 is 5.51 Å². The lowest BCUT2D eigenvalue weighted by Crippen LogP contribution is -2.02. The van der Waals surface area contributed by atoms with Crippen molar-refractivity contribution in [3.63, 3.8) is 0 Å². The summed E-state index contributed by atoms with van der Waals surface area (Å²) in [5.74, 6) is 0.0581. The molecule has 0 heterocycles. The lowest BCUT2D eigenvalue weighted by Gasteiger charge is -2.13. The first-order valence-corrected chi connectivity index (χ1v) is 5.20. The predicted octanol–water partition coefficient (Wildman–Crippen LogP) is 3.13. The van der Waals surface area contributed by atoms with Crippen LogP contribution in [-0.4, -0.2) is 26.0 Å². The molecule has 17 heavy (non-hydrogen) atoms. The first-order chi connectivity index (χ1) is 7.91. The molecule has 0 spiro atoms. The standard InChI is InChI=1S/C10H9F3O3S/c1-15-7-4-9(17-10(11,12)13)8(16-2)3-6(7)5-14/h3-5H,1-2H3. The number of carbonyl (C=O) groups excluding carboxylic acids is 1. The number of rotatable bonds is 4. The second-order valence-electron chi connectivity index (χ2n) is 2.91. The summed E-state index contributed by atoms with van der Waals surface area (Å²) >= 11 is -0.320. The normalized spacial score (nSPS) is 11.1. The third-order valence-electron chi connectivity index (χ3n) is 1.87. The topological polar surface area (TPSA) is 35.5 Å². The van der Waals surface area contributed by atoms with E-state index in [0.717, 1.165) is 6.07 Å². The van der Waals surface area contributed by atoms with Crippen molar-refractivity contribution in [1.29, 1.82) is 0 Å². The van der Waals surface area contributed by atoms with Crippen LogP contribution in [0.3, 0.4) is 0 Å². The molecule has 0 unspecified atom stereocenters. The number of methoxy groups -OCH3 is 2. The second kappa shape index (κ2) is 5.31. The molecule has 0 bridgehead atoms. The monoisotopic (exact) mass is 266 g/mol. The molecule has 1 aromatic rings. The van der Waals surface area contributed by atoms with Crippen molar-refractivity contribution in [3.05, 3.63) is 17.7 Å². The fourth-order valence-corrected chi connectivity index (χ4v) is 1.85. The van der Waals surface area contributed by atoms with E-state index in [0.29, 0.717) is 6.29 Å². The van der Waals surface area contributed by atoms with Gasteiger partial charge >= 0.3 is 5.51 Å². The first kappa shape index (κ1) is 13.7. The molecule has 0 radical (unpaired) electrons. The number of carbonyl (C=O) groups is 1. The van der Waals surface area contributed by atoms with Gasteiger partial charge < -0.3 is 9.47 Å². The summed E-state index contributed by atoms with van der Waals surface area (Å²) in [6.45, 7) is 0. The SMILES string of the molecule is COc1cc(SC(F)(F)F)c(OC)cc1C=O. The molecule has 1 rings (SSSR count). The minimum absolute atomic E-state index is 0.0183. The maximum atomic E-state index is 12.3. The zero-order valence-electron chi connectivity index (χ0n) is 9.00. The molecule has 0 saturated carbocycles. The Hall–Kier alpha value is -1.37. The highest BCUT2D eigenvalue weighted by Gasteiger charge is 2.31. The minimum atomic E-state index is -4.43. The summed E-state index contributed by atoms with van der Waals surface area (Å²) in [6.07, 6.45) is 0.489. The Morgan fingerprint density at radius 1 is 1.18 bits per heavy atom. The fraction of sp³-hybridized carbons (Fsp3) is 0.300. The van der Waals surface area contributed by atoms with Crippen molar-refractivity contribution in [1.82, 2.24) is 0 Å². The van der Waals surface area contributed by atoms with Gasteiger partial charge in [0.05, 0.1) is 24.7 Å². The van der Waals surface area contributed by atoms with Crippen molar-refractivity contribution in [2.24, 2.45) is 0 Å². The van der Waals surface area contributed by atoms with Gasteiger partial charge in [0, 0.05) is 0 Å². The van der Waals surface area contributed by atoms with Crippen LogP contribution in [0.5, 0.6) is 11.5 Å². The Kier molecular flexibility index (Phi) is 4.28. The molecule has 0 aromatic heterocycles. The van der Waals surface area contributed by atoms with Crippen LogP contribution in [0.1, 0.15) is 10.4 Å². The molecule has 0 saturated heterocycles. The largest absolute Gasteiger partial charge is 0.496 e. The van der Waals surface area contributed by atoms with E-state index in [1.165, 1.54) is 20.3 Å². The third-order valence-corrected chi connectivity index (χ3v) is 2.64. The number of benzene rings is 1. The van der Waals surface area contributed by atoms with Gasteiger partial charge in [-0.2, -0.15) is 13.2 Å². The third kappa shape index (κ3) is 3.55. The maximum absolute atomic E-state index is 12.3. The zero-order chi connectivity index (χ0) is 13.1. The molecule has 1 aromatic carbocycles. The van der Waals surface area contributed by atoms with E-state index in [2.05, 4.69) is 0 Å². The number of hydrogen-bond acceptors (Lipinski definition) is 4. The lowest BCUT2D eigenvalue weighted by atomic mass is 10.2. The molecule has 0 amide bonds. The van der Waals surface area contributed by atoms with Crippen LogP contribution in [0.4, 0.5) is 13.2 Å². The van der Waals surface area contributed by atoms with Gasteiger partial charge in [-0.15, -0.1) is 0 Å². The van der Waals surface area contributed by atoms with Crippen molar-refractivity contribution in [2.45, 2.75) is 10.4 Å². The molecule has 3 nitrogen and oxygen atoms in total. The Morgan fingerprint density at radius 2 is 1.76 bits per heavy atom. The summed E-state index contributed by atoms with van der Waals surface area (Å²) in [7, 11) is 2.51. The van der Waals surface area contributed by atoms with Gasteiger partial charge in [-0.05, 0) is 23.9 Å². The lowest BCUT2D eigenvalue weighted by molar-refractivity contribution is -0.0328. The van der Waals surface area contributed by atoms with Crippen molar-refractivity contribution >= 4 is 18.0 Å².